The number of pyridine rings is 1. The van der Waals surface area contributed by atoms with Gasteiger partial charge in [0.2, 0.25) is 0 Å². The van der Waals surface area contributed by atoms with E-state index >= 15 is 0 Å². The van der Waals surface area contributed by atoms with E-state index in [1.807, 2.05) is 29.8 Å². The van der Waals surface area contributed by atoms with Gasteiger partial charge in [-0.2, -0.15) is 0 Å². The summed E-state index contributed by atoms with van der Waals surface area (Å²) in [6, 6.07) is 16.3. The number of rotatable bonds is 5. The first-order valence-electron chi connectivity index (χ1n) is 8.39. The number of aromatic nitrogens is 1. The zero-order chi connectivity index (χ0) is 17.1. The lowest BCUT2D eigenvalue weighted by Crippen LogP contribution is -2.37. The molecule has 126 valence electrons. The number of carbonyl (C=O) groups excluding carboxylic acids is 1. The lowest BCUT2D eigenvalue weighted by atomic mass is 10.1. The number of amides is 1. The third-order valence-corrected chi connectivity index (χ3v) is 5.44. The standard InChI is InChI=1S/C20H19N3OS/c24-20(19-8-4-12-25-19)22-14-18(16-6-3-10-21-13-16)23-11-9-15-5-1-2-7-17(15)23/h1-8,10,12-13,18H,9,11,14H2,(H,22,24)/t18-/m0/s1. The predicted octanol–water partition coefficient (Wildman–Crippen LogP) is 3.68. The van der Waals surface area contributed by atoms with Crippen LogP contribution in [0.2, 0.25) is 0 Å². The van der Waals surface area contributed by atoms with E-state index in [0.717, 1.165) is 23.4 Å². The number of thiophene rings is 1. The maximum atomic E-state index is 12.4. The first-order valence-corrected chi connectivity index (χ1v) is 9.27. The van der Waals surface area contributed by atoms with Gasteiger partial charge in [-0.3, -0.25) is 9.78 Å². The minimum Gasteiger partial charge on any atom is -0.362 e. The number of nitrogens with zero attached hydrogens (tertiary/aromatic N) is 2. The molecule has 1 aromatic carbocycles. The fourth-order valence-corrected chi connectivity index (χ4v) is 3.99. The number of nitrogens with one attached hydrogen (secondary N) is 1. The highest BCUT2D eigenvalue weighted by atomic mass is 32.1. The van der Waals surface area contributed by atoms with E-state index in [4.69, 9.17) is 0 Å². The van der Waals surface area contributed by atoms with Gasteiger partial charge >= 0.3 is 0 Å². The van der Waals surface area contributed by atoms with Crippen LogP contribution in [0.15, 0.2) is 66.3 Å². The van der Waals surface area contributed by atoms with Gasteiger partial charge in [0.25, 0.3) is 5.91 Å². The SMILES string of the molecule is O=C(NC[C@@H](c1cccnc1)N1CCc2ccccc21)c1cccs1. The Hall–Kier alpha value is -2.66. The van der Waals surface area contributed by atoms with Crippen molar-refractivity contribution < 1.29 is 4.79 Å². The van der Waals surface area contributed by atoms with Crippen molar-refractivity contribution in [1.82, 2.24) is 10.3 Å². The van der Waals surface area contributed by atoms with Gasteiger partial charge in [-0.25, -0.2) is 0 Å². The molecular weight excluding hydrogens is 330 g/mol. The van der Waals surface area contributed by atoms with Crippen molar-refractivity contribution in [2.75, 3.05) is 18.0 Å². The van der Waals surface area contributed by atoms with E-state index in [1.165, 1.54) is 22.6 Å². The van der Waals surface area contributed by atoms with Crippen molar-refractivity contribution >= 4 is 22.9 Å². The van der Waals surface area contributed by atoms with Crippen molar-refractivity contribution in [3.05, 3.63) is 82.3 Å². The van der Waals surface area contributed by atoms with E-state index in [1.54, 1.807) is 6.20 Å². The zero-order valence-corrected chi connectivity index (χ0v) is 14.6. The Bertz CT molecular complexity index is 848. The fraction of sp³-hybridized carbons (Fsp3) is 0.200. The fourth-order valence-electron chi connectivity index (χ4n) is 3.35. The molecule has 0 saturated heterocycles. The third-order valence-electron chi connectivity index (χ3n) is 4.57. The molecule has 4 nitrogen and oxygen atoms in total. The van der Waals surface area contributed by atoms with Crippen molar-refractivity contribution in [2.24, 2.45) is 0 Å². The normalized spacial score (nSPS) is 14.2. The van der Waals surface area contributed by atoms with Gasteiger partial charge in [0.15, 0.2) is 0 Å². The van der Waals surface area contributed by atoms with Crippen LogP contribution in [0.1, 0.15) is 26.8 Å². The summed E-state index contributed by atoms with van der Waals surface area (Å²) in [6.07, 6.45) is 4.71. The second-order valence-corrected chi connectivity index (χ2v) is 7.01. The van der Waals surface area contributed by atoms with Gasteiger partial charge in [-0.05, 0) is 41.1 Å². The molecule has 0 bridgehead atoms. The molecule has 5 heteroatoms. The van der Waals surface area contributed by atoms with E-state index < -0.39 is 0 Å². The van der Waals surface area contributed by atoms with Crippen LogP contribution in [-0.2, 0) is 6.42 Å². The molecule has 4 rings (SSSR count). The smallest absolute Gasteiger partial charge is 0.261 e. The van der Waals surface area contributed by atoms with Crippen LogP contribution in [-0.4, -0.2) is 24.0 Å². The second-order valence-electron chi connectivity index (χ2n) is 6.06. The third kappa shape index (κ3) is 3.28. The summed E-state index contributed by atoms with van der Waals surface area (Å²) in [4.78, 5) is 19.8. The molecule has 25 heavy (non-hydrogen) atoms. The average Bonchev–Trinajstić information content (AvgIpc) is 3.33. The molecule has 1 N–H and O–H groups in total. The Kier molecular flexibility index (Phi) is 4.48. The predicted molar refractivity (Wildman–Crippen MR) is 101 cm³/mol. The summed E-state index contributed by atoms with van der Waals surface area (Å²) in [5.41, 5.74) is 3.73. The van der Waals surface area contributed by atoms with Crippen molar-refractivity contribution in [1.29, 1.82) is 0 Å². The maximum Gasteiger partial charge on any atom is 0.261 e. The topological polar surface area (TPSA) is 45.2 Å². The molecule has 1 aliphatic rings. The minimum absolute atomic E-state index is 0.0172. The number of hydrogen-bond donors (Lipinski definition) is 1. The molecular formula is C20H19N3OS. The summed E-state index contributed by atoms with van der Waals surface area (Å²) in [5.74, 6) is -0.0172. The molecule has 3 heterocycles. The van der Waals surface area contributed by atoms with Crippen LogP contribution < -0.4 is 10.2 Å². The highest BCUT2D eigenvalue weighted by molar-refractivity contribution is 7.12. The quantitative estimate of drug-likeness (QED) is 0.764. The summed E-state index contributed by atoms with van der Waals surface area (Å²) < 4.78 is 0. The number of hydrogen-bond acceptors (Lipinski definition) is 4. The largest absolute Gasteiger partial charge is 0.362 e. The lowest BCUT2D eigenvalue weighted by molar-refractivity contribution is 0.0955. The van der Waals surface area contributed by atoms with Crippen molar-refractivity contribution in [2.45, 2.75) is 12.5 Å². The highest BCUT2D eigenvalue weighted by Crippen LogP contribution is 2.34. The van der Waals surface area contributed by atoms with E-state index in [2.05, 4.69) is 45.5 Å². The maximum absolute atomic E-state index is 12.4. The number of fused-ring (bicyclic) bond motifs is 1. The van der Waals surface area contributed by atoms with Crippen molar-refractivity contribution in [3.63, 3.8) is 0 Å². The Morgan fingerprint density at radius 2 is 2.12 bits per heavy atom. The summed E-state index contributed by atoms with van der Waals surface area (Å²) >= 11 is 1.46. The van der Waals surface area contributed by atoms with Crippen LogP contribution in [0.3, 0.4) is 0 Å². The number of para-hydroxylation sites is 1. The summed E-state index contributed by atoms with van der Waals surface area (Å²) in [6.45, 7) is 1.50. The van der Waals surface area contributed by atoms with Crippen LogP contribution >= 0.6 is 11.3 Å². The van der Waals surface area contributed by atoms with Gasteiger partial charge < -0.3 is 10.2 Å². The van der Waals surface area contributed by atoms with Gasteiger partial charge in [0, 0.05) is 31.2 Å². The first-order chi connectivity index (χ1) is 12.3. The monoisotopic (exact) mass is 349 g/mol. The van der Waals surface area contributed by atoms with E-state index in [-0.39, 0.29) is 11.9 Å². The molecule has 0 saturated carbocycles. The van der Waals surface area contributed by atoms with Gasteiger partial charge in [0.05, 0.1) is 10.9 Å². The first kappa shape index (κ1) is 15.8. The van der Waals surface area contributed by atoms with Crippen LogP contribution in [0.5, 0.6) is 0 Å². The average molecular weight is 349 g/mol. The van der Waals surface area contributed by atoms with Crippen LogP contribution in [0.4, 0.5) is 5.69 Å². The molecule has 2 aromatic heterocycles. The molecule has 3 aromatic rings. The molecule has 0 radical (unpaired) electrons. The highest BCUT2D eigenvalue weighted by Gasteiger charge is 2.27. The second kappa shape index (κ2) is 7.07. The van der Waals surface area contributed by atoms with E-state index in [0.29, 0.717) is 6.54 Å². The van der Waals surface area contributed by atoms with Gasteiger partial charge in [0.1, 0.15) is 0 Å². The Balaban J connectivity index is 1.59. The number of benzene rings is 1. The molecule has 0 aliphatic carbocycles. The lowest BCUT2D eigenvalue weighted by Gasteiger charge is -2.30. The molecule has 1 aliphatic heterocycles. The van der Waals surface area contributed by atoms with E-state index in [9.17, 15) is 4.79 Å². The van der Waals surface area contributed by atoms with Gasteiger partial charge in [-0.1, -0.05) is 30.3 Å². The Morgan fingerprint density at radius 1 is 1.20 bits per heavy atom. The Morgan fingerprint density at radius 3 is 2.92 bits per heavy atom. The van der Waals surface area contributed by atoms with Crippen LogP contribution in [0.25, 0.3) is 0 Å². The molecule has 1 atom stereocenters. The number of carbonyl (C=O) groups is 1. The minimum atomic E-state index is -0.0172. The molecule has 1 amide bonds. The summed E-state index contributed by atoms with van der Waals surface area (Å²) in [7, 11) is 0. The van der Waals surface area contributed by atoms with Crippen LogP contribution in [0, 0.1) is 0 Å². The number of anilines is 1. The zero-order valence-electron chi connectivity index (χ0n) is 13.8. The summed E-state index contributed by atoms with van der Waals surface area (Å²) in [5, 5.41) is 5.01. The molecule has 0 fully saturated rings. The molecule has 0 spiro atoms. The van der Waals surface area contributed by atoms with Gasteiger partial charge in [-0.15, -0.1) is 11.3 Å². The molecule has 0 unspecified atom stereocenters. The van der Waals surface area contributed by atoms with Crippen molar-refractivity contribution in [3.8, 4) is 0 Å². The Labute approximate surface area is 151 Å².